The summed E-state index contributed by atoms with van der Waals surface area (Å²) in [6, 6.07) is 12.6. The van der Waals surface area contributed by atoms with Crippen molar-refractivity contribution >= 4 is 10.8 Å². The molecule has 1 aliphatic rings. The molecule has 0 atom stereocenters. The van der Waals surface area contributed by atoms with E-state index in [0.29, 0.717) is 5.92 Å². The van der Waals surface area contributed by atoms with Crippen LogP contribution < -0.4 is 4.74 Å². The Morgan fingerprint density at radius 1 is 1.14 bits per heavy atom. The van der Waals surface area contributed by atoms with E-state index in [-0.39, 0.29) is 6.29 Å². The predicted molar refractivity (Wildman–Crippen MR) is 83.8 cm³/mol. The number of benzene rings is 2. The van der Waals surface area contributed by atoms with E-state index in [2.05, 4.69) is 37.3 Å². The number of ether oxygens (including phenoxy) is 3. The number of rotatable bonds is 4. The zero-order chi connectivity index (χ0) is 14.7. The fourth-order valence-electron chi connectivity index (χ4n) is 2.89. The van der Waals surface area contributed by atoms with Crippen molar-refractivity contribution in [2.75, 3.05) is 20.3 Å². The van der Waals surface area contributed by atoms with Crippen molar-refractivity contribution in [3.05, 3.63) is 42.0 Å². The highest BCUT2D eigenvalue weighted by Gasteiger charge is 2.24. The molecular weight excluding hydrogens is 264 g/mol. The van der Waals surface area contributed by atoms with Crippen LogP contribution >= 0.6 is 0 Å². The van der Waals surface area contributed by atoms with Gasteiger partial charge >= 0.3 is 0 Å². The van der Waals surface area contributed by atoms with Crippen molar-refractivity contribution in [1.29, 1.82) is 0 Å². The largest absolute Gasteiger partial charge is 0.497 e. The number of hydrogen-bond acceptors (Lipinski definition) is 3. The molecule has 0 saturated carbocycles. The third-order valence-electron chi connectivity index (χ3n) is 4.05. The Labute approximate surface area is 125 Å². The van der Waals surface area contributed by atoms with Gasteiger partial charge in [0.05, 0.1) is 20.3 Å². The first kappa shape index (κ1) is 14.4. The first-order valence-corrected chi connectivity index (χ1v) is 7.61. The van der Waals surface area contributed by atoms with Crippen LogP contribution in [0.3, 0.4) is 0 Å². The molecule has 0 amide bonds. The minimum Gasteiger partial charge on any atom is -0.497 e. The van der Waals surface area contributed by atoms with E-state index < -0.39 is 0 Å². The Bertz CT molecular complexity index is 600. The highest BCUT2D eigenvalue weighted by atomic mass is 16.7. The van der Waals surface area contributed by atoms with Crippen LogP contribution in [0, 0.1) is 0 Å². The van der Waals surface area contributed by atoms with Crippen molar-refractivity contribution in [3.63, 3.8) is 0 Å². The summed E-state index contributed by atoms with van der Waals surface area (Å²) in [5.74, 6) is 1.19. The first-order chi connectivity index (χ1) is 10.3. The first-order valence-electron chi connectivity index (χ1n) is 7.61. The van der Waals surface area contributed by atoms with Gasteiger partial charge in [-0.15, -0.1) is 0 Å². The lowest BCUT2D eigenvalue weighted by atomic mass is 9.94. The molecule has 1 aliphatic heterocycles. The van der Waals surface area contributed by atoms with Crippen molar-refractivity contribution in [1.82, 2.24) is 0 Å². The van der Waals surface area contributed by atoms with E-state index >= 15 is 0 Å². The molecule has 1 fully saturated rings. The van der Waals surface area contributed by atoms with Gasteiger partial charge < -0.3 is 14.2 Å². The Hall–Kier alpha value is -1.58. The molecule has 2 aromatic rings. The molecule has 0 radical (unpaired) electrons. The van der Waals surface area contributed by atoms with E-state index in [1.165, 1.54) is 16.3 Å². The SMILES string of the molecule is CCCC1OCC(c2cccc3cc(OC)ccc23)CO1. The fraction of sp³-hybridized carbons (Fsp3) is 0.444. The van der Waals surface area contributed by atoms with Crippen molar-refractivity contribution in [2.24, 2.45) is 0 Å². The van der Waals surface area contributed by atoms with Crippen LogP contribution in [0.5, 0.6) is 5.75 Å². The molecule has 112 valence electrons. The smallest absolute Gasteiger partial charge is 0.157 e. The van der Waals surface area contributed by atoms with Crippen molar-refractivity contribution < 1.29 is 14.2 Å². The normalized spacial score (nSPS) is 22.4. The molecule has 2 aromatic carbocycles. The molecule has 3 rings (SSSR count). The topological polar surface area (TPSA) is 27.7 Å². The zero-order valence-electron chi connectivity index (χ0n) is 12.7. The minimum atomic E-state index is -0.0266. The highest BCUT2D eigenvalue weighted by molar-refractivity contribution is 5.87. The van der Waals surface area contributed by atoms with Crippen molar-refractivity contribution in [2.45, 2.75) is 32.0 Å². The van der Waals surface area contributed by atoms with Gasteiger partial charge in [0.2, 0.25) is 0 Å². The molecule has 1 saturated heterocycles. The maximum absolute atomic E-state index is 5.83. The van der Waals surface area contributed by atoms with Gasteiger partial charge in [-0.1, -0.05) is 37.6 Å². The predicted octanol–water partition coefficient (Wildman–Crippen LogP) is 4.11. The van der Waals surface area contributed by atoms with E-state index in [9.17, 15) is 0 Å². The van der Waals surface area contributed by atoms with Crippen LogP contribution in [0.4, 0.5) is 0 Å². The quantitative estimate of drug-likeness (QED) is 0.846. The van der Waals surface area contributed by atoms with E-state index in [1.807, 2.05) is 6.07 Å². The van der Waals surface area contributed by atoms with Gasteiger partial charge in [0.15, 0.2) is 6.29 Å². The molecule has 0 N–H and O–H groups in total. The summed E-state index contributed by atoms with van der Waals surface area (Å²) in [4.78, 5) is 0. The Kier molecular flexibility index (Phi) is 4.42. The molecule has 21 heavy (non-hydrogen) atoms. The molecular formula is C18H22O3. The average Bonchev–Trinajstić information content (AvgIpc) is 2.55. The molecule has 0 spiro atoms. The Balaban J connectivity index is 1.84. The Morgan fingerprint density at radius 2 is 1.95 bits per heavy atom. The molecule has 1 heterocycles. The summed E-state index contributed by atoms with van der Waals surface area (Å²) < 4.78 is 17.0. The summed E-state index contributed by atoms with van der Waals surface area (Å²) in [6.07, 6.45) is 2.03. The van der Waals surface area contributed by atoms with Crippen molar-refractivity contribution in [3.8, 4) is 5.75 Å². The zero-order valence-corrected chi connectivity index (χ0v) is 12.7. The minimum absolute atomic E-state index is 0.0266. The summed E-state index contributed by atoms with van der Waals surface area (Å²) in [5, 5.41) is 2.45. The highest BCUT2D eigenvalue weighted by Crippen LogP contribution is 2.31. The van der Waals surface area contributed by atoms with Gasteiger partial charge in [0, 0.05) is 5.92 Å². The number of fused-ring (bicyclic) bond motifs is 1. The van der Waals surface area contributed by atoms with E-state index in [4.69, 9.17) is 14.2 Å². The Morgan fingerprint density at radius 3 is 2.67 bits per heavy atom. The second-order valence-corrected chi connectivity index (χ2v) is 5.52. The van der Waals surface area contributed by atoms with Gasteiger partial charge in [-0.05, 0) is 34.9 Å². The standard InChI is InChI=1S/C18H22O3/c1-3-5-18-20-11-14(12-21-18)16-7-4-6-13-10-15(19-2)8-9-17(13)16/h4,6-10,14,18H,3,5,11-12H2,1-2H3. The number of methoxy groups -OCH3 is 1. The van der Waals surface area contributed by atoms with E-state index in [0.717, 1.165) is 31.8 Å². The lowest BCUT2D eigenvalue weighted by molar-refractivity contribution is -0.189. The summed E-state index contributed by atoms with van der Waals surface area (Å²) in [6.45, 7) is 3.61. The van der Waals surface area contributed by atoms with Crippen LogP contribution in [-0.4, -0.2) is 26.6 Å². The maximum Gasteiger partial charge on any atom is 0.157 e. The summed E-state index contributed by atoms with van der Waals surface area (Å²) >= 11 is 0. The van der Waals surface area contributed by atoms with Crippen LogP contribution in [0.25, 0.3) is 10.8 Å². The van der Waals surface area contributed by atoms with Gasteiger partial charge in [0.1, 0.15) is 5.75 Å². The van der Waals surface area contributed by atoms with Crippen LogP contribution in [0.2, 0.25) is 0 Å². The van der Waals surface area contributed by atoms with Gasteiger partial charge in [-0.2, -0.15) is 0 Å². The molecule has 0 aromatic heterocycles. The molecule has 0 bridgehead atoms. The lowest BCUT2D eigenvalue weighted by Gasteiger charge is -2.30. The van der Waals surface area contributed by atoms with E-state index in [1.54, 1.807) is 7.11 Å². The molecule has 3 heteroatoms. The lowest BCUT2D eigenvalue weighted by Crippen LogP contribution is -2.30. The summed E-state index contributed by atoms with van der Waals surface area (Å²) in [5.41, 5.74) is 1.30. The maximum atomic E-state index is 5.83. The second kappa shape index (κ2) is 6.46. The fourth-order valence-corrected chi connectivity index (χ4v) is 2.89. The van der Waals surface area contributed by atoms with Crippen LogP contribution in [0.1, 0.15) is 31.2 Å². The van der Waals surface area contributed by atoms with Gasteiger partial charge in [-0.25, -0.2) is 0 Å². The second-order valence-electron chi connectivity index (χ2n) is 5.52. The monoisotopic (exact) mass is 286 g/mol. The van der Waals surface area contributed by atoms with Gasteiger partial charge in [-0.3, -0.25) is 0 Å². The van der Waals surface area contributed by atoms with Crippen LogP contribution in [-0.2, 0) is 9.47 Å². The number of hydrogen-bond donors (Lipinski definition) is 0. The van der Waals surface area contributed by atoms with Gasteiger partial charge in [0.25, 0.3) is 0 Å². The molecule has 0 aliphatic carbocycles. The summed E-state index contributed by atoms with van der Waals surface area (Å²) in [7, 11) is 1.70. The third kappa shape index (κ3) is 3.04. The van der Waals surface area contributed by atoms with Crippen LogP contribution in [0.15, 0.2) is 36.4 Å². The third-order valence-corrected chi connectivity index (χ3v) is 4.05. The molecule has 3 nitrogen and oxygen atoms in total. The average molecular weight is 286 g/mol. The molecule has 0 unspecified atom stereocenters.